The van der Waals surface area contributed by atoms with Gasteiger partial charge in [-0.05, 0) is 19.1 Å². The van der Waals surface area contributed by atoms with E-state index in [2.05, 4.69) is 4.98 Å². The second kappa shape index (κ2) is 4.14. The number of aromatic nitrogens is 2. The number of nitrogens with one attached hydrogen (secondary N) is 1. The number of aryl methyl sites for hydroxylation is 1. The van der Waals surface area contributed by atoms with Gasteiger partial charge in [0, 0.05) is 6.20 Å². The van der Waals surface area contributed by atoms with E-state index in [0.29, 0.717) is 5.76 Å². The summed E-state index contributed by atoms with van der Waals surface area (Å²) in [6.07, 6.45) is 1.22. The lowest BCUT2D eigenvalue weighted by molar-refractivity contribution is 0.464. The Hall–Kier alpha value is -2.55. The van der Waals surface area contributed by atoms with Gasteiger partial charge >= 0.3 is 5.69 Å². The van der Waals surface area contributed by atoms with E-state index >= 15 is 0 Å². The van der Waals surface area contributed by atoms with Crippen molar-refractivity contribution in [3.8, 4) is 6.07 Å². The average molecular weight is 231 g/mol. The maximum absolute atomic E-state index is 11.5. The third kappa shape index (κ3) is 2.18. The van der Waals surface area contributed by atoms with E-state index in [1.807, 2.05) is 0 Å². The maximum atomic E-state index is 11.5. The summed E-state index contributed by atoms with van der Waals surface area (Å²) in [5.74, 6) is 1.32. The van der Waals surface area contributed by atoms with Crippen LogP contribution in [0.3, 0.4) is 0 Å². The number of furan rings is 1. The van der Waals surface area contributed by atoms with Crippen LogP contribution in [0.2, 0.25) is 0 Å². The Kier molecular flexibility index (Phi) is 2.66. The van der Waals surface area contributed by atoms with Gasteiger partial charge < -0.3 is 4.42 Å². The fourth-order valence-corrected chi connectivity index (χ4v) is 1.44. The van der Waals surface area contributed by atoms with Crippen molar-refractivity contribution in [1.29, 1.82) is 5.26 Å². The van der Waals surface area contributed by atoms with Crippen LogP contribution in [0.1, 0.15) is 17.1 Å². The largest absolute Gasteiger partial charge is 0.464 e. The van der Waals surface area contributed by atoms with Crippen LogP contribution >= 0.6 is 0 Å². The molecule has 0 unspecified atom stereocenters. The molecule has 1 N–H and O–H groups in total. The first-order valence-corrected chi connectivity index (χ1v) is 4.89. The smallest absolute Gasteiger partial charge is 0.328 e. The zero-order valence-electron chi connectivity index (χ0n) is 9.06. The number of nitriles is 1. The molecule has 0 saturated carbocycles. The predicted octanol–water partition coefficient (Wildman–Crippen LogP) is 0.358. The first kappa shape index (κ1) is 11.0. The first-order chi connectivity index (χ1) is 8.10. The molecule has 2 aromatic heterocycles. The zero-order valence-corrected chi connectivity index (χ0v) is 9.06. The quantitative estimate of drug-likeness (QED) is 0.807. The van der Waals surface area contributed by atoms with E-state index in [-0.39, 0.29) is 12.1 Å². The Labute approximate surface area is 95.7 Å². The fourth-order valence-electron chi connectivity index (χ4n) is 1.44. The molecule has 6 nitrogen and oxygen atoms in total. The molecule has 2 heterocycles. The summed E-state index contributed by atoms with van der Waals surface area (Å²) in [6.45, 7) is 1.97. The van der Waals surface area contributed by atoms with E-state index in [1.165, 1.54) is 10.8 Å². The molecule has 2 aromatic rings. The van der Waals surface area contributed by atoms with Crippen LogP contribution in [0.4, 0.5) is 0 Å². The Morgan fingerprint density at radius 2 is 2.24 bits per heavy atom. The molecular formula is C11H9N3O3. The van der Waals surface area contributed by atoms with Crippen LogP contribution in [0.5, 0.6) is 0 Å². The number of aromatic amines is 1. The van der Waals surface area contributed by atoms with Crippen molar-refractivity contribution < 1.29 is 4.42 Å². The van der Waals surface area contributed by atoms with Gasteiger partial charge in [0.15, 0.2) is 0 Å². The fraction of sp³-hybridized carbons (Fsp3) is 0.182. The third-order valence-corrected chi connectivity index (χ3v) is 2.25. The topological polar surface area (TPSA) is 91.8 Å². The van der Waals surface area contributed by atoms with Crippen LogP contribution in [-0.4, -0.2) is 9.55 Å². The van der Waals surface area contributed by atoms with Crippen molar-refractivity contribution in [2.75, 3.05) is 0 Å². The minimum Gasteiger partial charge on any atom is -0.464 e. The molecule has 86 valence electrons. The van der Waals surface area contributed by atoms with Crippen LogP contribution in [0.15, 0.2) is 32.3 Å². The summed E-state index contributed by atoms with van der Waals surface area (Å²) in [4.78, 5) is 24.7. The van der Waals surface area contributed by atoms with Crippen molar-refractivity contribution in [3.05, 3.63) is 56.3 Å². The molecule has 0 spiro atoms. The third-order valence-electron chi connectivity index (χ3n) is 2.25. The summed E-state index contributed by atoms with van der Waals surface area (Å²) < 4.78 is 6.53. The molecule has 0 atom stereocenters. The molecular weight excluding hydrogens is 222 g/mol. The second-order valence-electron chi connectivity index (χ2n) is 3.55. The lowest BCUT2D eigenvalue weighted by Gasteiger charge is -2.02. The Balaban J connectivity index is 2.43. The predicted molar refractivity (Wildman–Crippen MR) is 58.6 cm³/mol. The van der Waals surface area contributed by atoms with Crippen molar-refractivity contribution in [1.82, 2.24) is 9.55 Å². The van der Waals surface area contributed by atoms with E-state index in [1.54, 1.807) is 25.1 Å². The Bertz CT molecular complexity index is 700. The molecule has 0 fully saturated rings. The monoisotopic (exact) mass is 231 g/mol. The number of hydrogen-bond donors (Lipinski definition) is 1. The van der Waals surface area contributed by atoms with Crippen molar-refractivity contribution >= 4 is 0 Å². The van der Waals surface area contributed by atoms with Gasteiger partial charge in [-0.15, -0.1) is 0 Å². The van der Waals surface area contributed by atoms with E-state index in [9.17, 15) is 9.59 Å². The molecule has 0 aliphatic carbocycles. The highest BCUT2D eigenvalue weighted by Crippen LogP contribution is 2.06. The number of nitrogens with zero attached hydrogens (tertiary/aromatic N) is 2. The summed E-state index contributed by atoms with van der Waals surface area (Å²) in [6, 6.07) is 5.23. The van der Waals surface area contributed by atoms with Gasteiger partial charge in [-0.3, -0.25) is 14.3 Å². The normalized spacial score (nSPS) is 10.1. The first-order valence-electron chi connectivity index (χ1n) is 4.89. The van der Waals surface area contributed by atoms with Crippen molar-refractivity contribution in [2.24, 2.45) is 0 Å². The zero-order chi connectivity index (χ0) is 12.4. The molecule has 0 amide bonds. The maximum Gasteiger partial charge on any atom is 0.328 e. The Morgan fingerprint density at radius 1 is 1.47 bits per heavy atom. The lowest BCUT2D eigenvalue weighted by atomic mass is 10.3. The summed E-state index contributed by atoms with van der Waals surface area (Å²) in [7, 11) is 0. The number of H-pyrrole nitrogens is 1. The van der Waals surface area contributed by atoms with Crippen LogP contribution in [0.25, 0.3) is 0 Å². The van der Waals surface area contributed by atoms with Gasteiger partial charge in [0.2, 0.25) is 0 Å². The highest BCUT2D eigenvalue weighted by atomic mass is 16.3. The van der Waals surface area contributed by atoms with Crippen LogP contribution < -0.4 is 11.2 Å². The average Bonchev–Trinajstić information content (AvgIpc) is 2.68. The molecule has 0 aromatic carbocycles. The summed E-state index contributed by atoms with van der Waals surface area (Å²) >= 11 is 0. The van der Waals surface area contributed by atoms with Crippen molar-refractivity contribution in [3.63, 3.8) is 0 Å². The van der Waals surface area contributed by atoms with E-state index in [0.717, 1.165) is 5.76 Å². The highest BCUT2D eigenvalue weighted by molar-refractivity contribution is 5.22. The summed E-state index contributed by atoms with van der Waals surface area (Å²) in [5, 5.41) is 8.70. The highest BCUT2D eigenvalue weighted by Gasteiger charge is 2.06. The second-order valence-corrected chi connectivity index (χ2v) is 3.55. The van der Waals surface area contributed by atoms with Crippen molar-refractivity contribution in [2.45, 2.75) is 13.5 Å². The van der Waals surface area contributed by atoms with Gasteiger partial charge in [0.05, 0.1) is 6.54 Å². The lowest BCUT2D eigenvalue weighted by Crippen LogP contribution is -2.31. The molecule has 17 heavy (non-hydrogen) atoms. The molecule has 0 aliphatic rings. The van der Waals surface area contributed by atoms with Crippen LogP contribution in [-0.2, 0) is 6.54 Å². The van der Waals surface area contributed by atoms with Gasteiger partial charge in [-0.1, -0.05) is 0 Å². The molecule has 0 bridgehead atoms. The number of rotatable bonds is 2. The van der Waals surface area contributed by atoms with Gasteiger partial charge in [-0.2, -0.15) is 5.26 Å². The van der Waals surface area contributed by atoms with Crippen LogP contribution in [0, 0.1) is 18.3 Å². The molecule has 0 radical (unpaired) electrons. The SMILES string of the molecule is Cc1ccc(Cn2cc(C#N)c(=O)[nH]c2=O)o1. The summed E-state index contributed by atoms with van der Waals surface area (Å²) in [5.41, 5.74) is -1.35. The minimum absolute atomic E-state index is 0.104. The molecule has 6 heteroatoms. The molecule has 0 saturated heterocycles. The van der Waals surface area contributed by atoms with Gasteiger partial charge in [0.25, 0.3) is 5.56 Å². The van der Waals surface area contributed by atoms with Gasteiger partial charge in [-0.25, -0.2) is 4.79 Å². The van der Waals surface area contributed by atoms with E-state index in [4.69, 9.17) is 9.68 Å². The number of hydrogen-bond acceptors (Lipinski definition) is 4. The van der Waals surface area contributed by atoms with Gasteiger partial charge in [0.1, 0.15) is 23.2 Å². The molecule has 0 aliphatic heterocycles. The molecule has 2 rings (SSSR count). The minimum atomic E-state index is -0.677. The van der Waals surface area contributed by atoms with E-state index < -0.39 is 11.2 Å². The standard InChI is InChI=1S/C11H9N3O3/c1-7-2-3-9(17-7)6-14-5-8(4-12)10(15)13-11(14)16/h2-3,5H,6H2,1H3,(H,13,15,16). The Morgan fingerprint density at radius 3 is 2.82 bits per heavy atom.